The summed E-state index contributed by atoms with van der Waals surface area (Å²) in [5.41, 5.74) is -0.297. The fourth-order valence-corrected chi connectivity index (χ4v) is 5.55. The summed E-state index contributed by atoms with van der Waals surface area (Å²) < 4.78 is 7.69. The second-order valence-electron chi connectivity index (χ2n) is 7.64. The van der Waals surface area contributed by atoms with Gasteiger partial charge in [-0.2, -0.15) is 4.57 Å². The van der Waals surface area contributed by atoms with Gasteiger partial charge in [-0.25, -0.2) is 9.59 Å². The van der Waals surface area contributed by atoms with Crippen molar-refractivity contribution in [1.82, 2.24) is 14.2 Å². The van der Waals surface area contributed by atoms with Crippen molar-refractivity contribution in [1.29, 1.82) is 0 Å². The predicted molar refractivity (Wildman–Crippen MR) is 118 cm³/mol. The average molecular weight is 462 g/mol. The lowest BCUT2D eigenvalue weighted by molar-refractivity contribution is 0.0586. The fraction of sp³-hybridized carbons (Fsp3) is 0.500. The SMILES string of the molecule is CC(C)[C@H](C)N1C(=S)SC(C)(C)[C@H]1n1oc(=O)n(-c2ccc(Cl)c(Cl)c2)c1=O. The summed E-state index contributed by atoms with van der Waals surface area (Å²) in [6.45, 7) is 10.2. The minimum atomic E-state index is -0.792. The Bertz CT molecular complexity index is 1040. The summed E-state index contributed by atoms with van der Waals surface area (Å²) in [4.78, 5) is 27.7. The van der Waals surface area contributed by atoms with Crippen molar-refractivity contribution in [3.05, 3.63) is 49.3 Å². The minimum absolute atomic E-state index is 0.0531. The van der Waals surface area contributed by atoms with E-state index in [1.165, 1.54) is 23.9 Å². The third-order valence-corrected chi connectivity index (χ3v) is 7.29. The van der Waals surface area contributed by atoms with E-state index in [4.69, 9.17) is 39.9 Å². The van der Waals surface area contributed by atoms with Crippen LogP contribution in [-0.4, -0.2) is 29.3 Å². The molecule has 0 aliphatic carbocycles. The van der Waals surface area contributed by atoms with E-state index in [9.17, 15) is 9.59 Å². The smallest absolute Gasteiger partial charge is 0.330 e. The van der Waals surface area contributed by atoms with Crippen LogP contribution in [-0.2, 0) is 0 Å². The highest BCUT2D eigenvalue weighted by atomic mass is 35.5. The van der Waals surface area contributed by atoms with Crippen molar-refractivity contribution in [3.63, 3.8) is 0 Å². The highest BCUT2D eigenvalue weighted by Gasteiger charge is 2.50. The van der Waals surface area contributed by atoms with E-state index < -0.39 is 22.4 Å². The molecule has 1 saturated heterocycles. The monoisotopic (exact) mass is 461 g/mol. The minimum Gasteiger partial charge on any atom is -0.330 e. The van der Waals surface area contributed by atoms with Crippen molar-refractivity contribution in [2.24, 2.45) is 5.92 Å². The molecule has 1 fully saturated rings. The van der Waals surface area contributed by atoms with Crippen molar-refractivity contribution in [2.75, 3.05) is 0 Å². The first-order valence-electron chi connectivity index (χ1n) is 8.77. The number of benzene rings is 1. The predicted octanol–water partition coefficient (Wildman–Crippen LogP) is 4.55. The molecular weight excluding hydrogens is 441 g/mol. The summed E-state index contributed by atoms with van der Waals surface area (Å²) in [6, 6.07) is 4.59. The molecule has 0 N–H and O–H groups in total. The van der Waals surface area contributed by atoms with Crippen LogP contribution in [0.3, 0.4) is 0 Å². The van der Waals surface area contributed by atoms with E-state index >= 15 is 0 Å². The highest BCUT2D eigenvalue weighted by Crippen LogP contribution is 2.48. The van der Waals surface area contributed by atoms with Gasteiger partial charge < -0.3 is 9.42 Å². The number of nitrogens with zero attached hydrogens (tertiary/aromatic N) is 3. The van der Waals surface area contributed by atoms with Gasteiger partial charge in [0.05, 0.1) is 20.5 Å². The molecule has 0 saturated carbocycles. The molecule has 6 nitrogen and oxygen atoms in total. The molecule has 3 rings (SSSR count). The number of halogens is 2. The van der Waals surface area contributed by atoms with Gasteiger partial charge in [-0.1, -0.05) is 61.0 Å². The molecule has 28 heavy (non-hydrogen) atoms. The Labute approximate surface area is 182 Å². The summed E-state index contributed by atoms with van der Waals surface area (Å²) >= 11 is 19.1. The summed E-state index contributed by atoms with van der Waals surface area (Å²) in [7, 11) is 0. The van der Waals surface area contributed by atoms with Crippen LogP contribution in [0.4, 0.5) is 0 Å². The average Bonchev–Trinajstić information content (AvgIpc) is 3.00. The zero-order valence-corrected chi connectivity index (χ0v) is 19.2. The molecule has 2 heterocycles. The standard InChI is InChI=1S/C18H21Cl2N3O3S2/c1-9(2)10(3)21-14(18(4,5)28-17(21)27)23-15(24)22(16(25)26-23)11-6-7-12(19)13(20)8-11/h6-10,14H,1-5H3/t10-,14+/m0/s1. The Hall–Kier alpha value is -1.22. The van der Waals surface area contributed by atoms with Crippen molar-refractivity contribution >= 4 is 51.5 Å². The third kappa shape index (κ3) is 3.56. The fourth-order valence-electron chi connectivity index (χ4n) is 3.21. The van der Waals surface area contributed by atoms with Crippen LogP contribution >= 0.6 is 47.2 Å². The first-order valence-corrected chi connectivity index (χ1v) is 10.8. The summed E-state index contributed by atoms with van der Waals surface area (Å²) in [6.07, 6.45) is -0.536. The van der Waals surface area contributed by atoms with Gasteiger partial charge in [-0.15, -0.1) is 4.74 Å². The van der Waals surface area contributed by atoms with E-state index in [2.05, 4.69) is 13.8 Å². The highest BCUT2D eigenvalue weighted by molar-refractivity contribution is 8.24. The molecule has 152 valence electrons. The molecule has 1 aliphatic heterocycles. The number of hydrogen-bond donors (Lipinski definition) is 0. The number of thioether (sulfide) groups is 1. The maximum atomic E-state index is 13.2. The number of thiocarbonyl (C=S) groups is 1. The van der Waals surface area contributed by atoms with Gasteiger partial charge in [0.2, 0.25) is 0 Å². The van der Waals surface area contributed by atoms with Gasteiger partial charge in [-0.3, -0.25) is 0 Å². The van der Waals surface area contributed by atoms with Crippen molar-refractivity contribution < 1.29 is 4.52 Å². The Kier molecular flexibility index (Phi) is 5.80. The number of aromatic nitrogens is 2. The van der Waals surface area contributed by atoms with Crippen molar-refractivity contribution in [2.45, 2.75) is 51.6 Å². The Morgan fingerprint density at radius 3 is 2.39 bits per heavy atom. The van der Waals surface area contributed by atoms with E-state index in [-0.39, 0.29) is 17.0 Å². The first kappa shape index (κ1) is 21.5. The van der Waals surface area contributed by atoms with Crippen LogP contribution < -0.4 is 11.4 Å². The molecular formula is C18H21Cl2N3O3S2. The Morgan fingerprint density at radius 1 is 1.18 bits per heavy atom. The van der Waals surface area contributed by atoms with Crippen molar-refractivity contribution in [3.8, 4) is 5.69 Å². The molecule has 1 aliphatic rings. The molecule has 2 aromatic rings. The van der Waals surface area contributed by atoms with E-state index in [0.717, 1.165) is 9.31 Å². The Balaban J connectivity index is 2.18. The lowest BCUT2D eigenvalue weighted by Crippen LogP contribution is -2.47. The van der Waals surface area contributed by atoms with Gasteiger partial charge in [0.1, 0.15) is 4.32 Å². The summed E-state index contributed by atoms with van der Waals surface area (Å²) in [5.74, 6) is -0.506. The molecule has 0 amide bonds. The first-order chi connectivity index (χ1) is 13.0. The molecule has 0 bridgehead atoms. The molecule has 10 heteroatoms. The maximum absolute atomic E-state index is 13.2. The normalized spacial score (nSPS) is 20.2. The van der Waals surface area contributed by atoms with Gasteiger partial charge >= 0.3 is 11.4 Å². The molecule has 0 unspecified atom stereocenters. The van der Waals surface area contributed by atoms with Crippen LogP contribution in [0.2, 0.25) is 10.0 Å². The lowest BCUT2D eigenvalue weighted by atomic mass is 10.0. The zero-order valence-electron chi connectivity index (χ0n) is 16.1. The van der Waals surface area contributed by atoms with E-state index in [1.807, 2.05) is 25.7 Å². The van der Waals surface area contributed by atoms with Crippen LogP contribution in [0.1, 0.15) is 40.8 Å². The number of hydrogen-bond acceptors (Lipinski definition) is 5. The van der Waals surface area contributed by atoms with Gasteiger partial charge in [0.25, 0.3) is 0 Å². The van der Waals surface area contributed by atoms with Crippen LogP contribution in [0, 0.1) is 5.92 Å². The largest absolute Gasteiger partial charge is 0.447 e. The van der Waals surface area contributed by atoms with Crippen LogP contribution in [0.15, 0.2) is 32.3 Å². The molecule has 0 radical (unpaired) electrons. The number of rotatable bonds is 4. The zero-order chi connectivity index (χ0) is 21.0. The molecule has 2 atom stereocenters. The molecule has 1 aromatic carbocycles. The van der Waals surface area contributed by atoms with Gasteiger partial charge in [0, 0.05) is 6.04 Å². The summed E-state index contributed by atoms with van der Waals surface area (Å²) in [5, 5.41) is 0.573. The molecule has 1 aromatic heterocycles. The maximum Gasteiger partial charge on any atom is 0.447 e. The van der Waals surface area contributed by atoms with Crippen LogP contribution in [0.25, 0.3) is 5.69 Å². The van der Waals surface area contributed by atoms with E-state index in [0.29, 0.717) is 15.0 Å². The Morgan fingerprint density at radius 2 is 1.82 bits per heavy atom. The third-order valence-electron chi connectivity index (χ3n) is 4.97. The van der Waals surface area contributed by atoms with Gasteiger partial charge in [-0.05, 0) is 44.9 Å². The second-order valence-corrected chi connectivity index (χ2v) is 10.7. The lowest BCUT2D eigenvalue weighted by Gasteiger charge is -2.36. The molecule has 0 spiro atoms. The topological polar surface area (TPSA) is 60.4 Å². The van der Waals surface area contributed by atoms with E-state index in [1.54, 1.807) is 6.07 Å². The second kappa shape index (κ2) is 7.55. The van der Waals surface area contributed by atoms with Crippen LogP contribution in [0.5, 0.6) is 0 Å². The quantitative estimate of drug-likeness (QED) is 0.622. The van der Waals surface area contributed by atoms with Gasteiger partial charge in [0.15, 0.2) is 6.17 Å².